The lowest BCUT2D eigenvalue weighted by Gasteiger charge is -2.18. The minimum atomic E-state index is -0.217. The molecule has 0 saturated heterocycles. The molecule has 0 radical (unpaired) electrons. The summed E-state index contributed by atoms with van der Waals surface area (Å²) in [6.07, 6.45) is 4.47. The summed E-state index contributed by atoms with van der Waals surface area (Å²) in [6, 6.07) is 21.8. The number of ketones is 2. The van der Waals surface area contributed by atoms with Crippen molar-refractivity contribution in [1.29, 1.82) is 0 Å². The highest BCUT2D eigenvalue weighted by Gasteiger charge is 2.17. The number of carbonyl (C=O) groups is 3. The second-order valence-electron chi connectivity index (χ2n) is 12.0. The highest BCUT2D eigenvalue weighted by molar-refractivity contribution is 6.13. The number of carbonyl (C=O) groups excluding carboxylic acids is 3. The van der Waals surface area contributed by atoms with Crippen molar-refractivity contribution in [2.45, 2.75) is 72.1 Å². The summed E-state index contributed by atoms with van der Waals surface area (Å²) >= 11 is 0. The molecule has 3 rings (SSSR count). The molecule has 0 saturated carbocycles. The van der Waals surface area contributed by atoms with Gasteiger partial charge in [-0.1, -0.05) is 78.1 Å². The van der Waals surface area contributed by atoms with Crippen LogP contribution in [0.2, 0.25) is 0 Å². The van der Waals surface area contributed by atoms with E-state index < -0.39 is 0 Å². The summed E-state index contributed by atoms with van der Waals surface area (Å²) in [5.41, 5.74) is 4.00. The van der Waals surface area contributed by atoms with Crippen LogP contribution in [0.1, 0.15) is 103 Å². The fraction of sp³-hybridized carbons (Fsp3) is 0.432. The van der Waals surface area contributed by atoms with Crippen LogP contribution in [-0.4, -0.2) is 45.3 Å². The molecule has 3 aromatic carbocycles. The first-order valence-electron chi connectivity index (χ1n) is 15.1. The topological polar surface area (TPSA) is 72.9 Å². The molecular weight excluding hydrogens is 538 g/mol. The first-order chi connectivity index (χ1) is 20.4. The molecule has 0 spiro atoms. The van der Waals surface area contributed by atoms with Gasteiger partial charge in [0, 0.05) is 30.9 Å². The Morgan fingerprint density at radius 1 is 0.767 bits per heavy atom. The van der Waals surface area contributed by atoms with Crippen LogP contribution in [0.5, 0.6) is 5.75 Å². The van der Waals surface area contributed by atoms with Crippen LogP contribution in [0, 0.1) is 5.92 Å². The van der Waals surface area contributed by atoms with E-state index in [9.17, 15) is 14.4 Å². The van der Waals surface area contributed by atoms with Gasteiger partial charge in [0.15, 0.2) is 11.6 Å². The maximum atomic E-state index is 12.3. The van der Waals surface area contributed by atoms with Gasteiger partial charge in [0.25, 0.3) is 0 Å². The highest BCUT2D eigenvalue weighted by atomic mass is 16.5. The molecule has 3 aromatic rings. The zero-order valence-electron chi connectivity index (χ0n) is 27.2. The van der Waals surface area contributed by atoms with E-state index in [4.69, 9.17) is 9.47 Å². The van der Waals surface area contributed by atoms with E-state index in [1.807, 2.05) is 55.4 Å². The third-order valence-electron chi connectivity index (χ3n) is 7.42. The number of unbranched alkanes of at least 4 members (excludes halogenated alkanes) is 1. The largest absolute Gasteiger partial charge is 0.497 e. The van der Waals surface area contributed by atoms with Crippen molar-refractivity contribution >= 4 is 23.2 Å². The molecule has 0 aromatic heterocycles. The first kappa shape index (κ1) is 35.3. The van der Waals surface area contributed by atoms with E-state index in [0.717, 1.165) is 24.1 Å². The van der Waals surface area contributed by atoms with Crippen molar-refractivity contribution in [3.8, 4) is 5.75 Å². The second kappa shape index (κ2) is 17.3. The Labute approximate surface area is 258 Å². The summed E-state index contributed by atoms with van der Waals surface area (Å²) in [6.45, 7) is 11.2. The standard InChI is InChI=1S/C20H22O3.C17H27NO2/c1-20(2,3)16-9-5-14(6-10-16)18(21)13-19(22)15-7-11-17(23-4)12-8-15;1-5-7-8-14(6-2)13-20-17(19)15-9-11-16(12-10-15)18(3)4/h5-12H,13H2,1-4H3;9-12,14H,5-8,13H2,1-4H3. The van der Waals surface area contributed by atoms with Gasteiger partial charge in [0.1, 0.15) is 5.75 Å². The van der Waals surface area contributed by atoms with Gasteiger partial charge < -0.3 is 14.4 Å². The Morgan fingerprint density at radius 3 is 1.72 bits per heavy atom. The number of rotatable bonds is 13. The molecule has 6 heteroatoms. The molecule has 1 unspecified atom stereocenters. The van der Waals surface area contributed by atoms with Gasteiger partial charge in [0.2, 0.25) is 0 Å². The molecule has 0 aliphatic carbocycles. The van der Waals surface area contributed by atoms with Crippen molar-refractivity contribution < 1.29 is 23.9 Å². The van der Waals surface area contributed by atoms with Crippen LogP contribution >= 0.6 is 0 Å². The fourth-order valence-corrected chi connectivity index (χ4v) is 4.35. The average Bonchev–Trinajstić information content (AvgIpc) is 3.01. The maximum absolute atomic E-state index is 12.3. The van der Waals surface area contributed by atoms with Gasteiger partial charge in [-0.15, -0.1) is 0 Å². The van der Waals surface area contributed by atoms with Crippen molar-refractivity contribution in [3.63, 3.8) is 0 Å². The van der Waals surface area contributed by atoms with Gasteiger partial charge in [-0.2, -0.15) is 0 Å². The van der Waals surface area contributed by atoms with Crippen molar-refractivity contribution in [3.05, 3.63) is 95.1 Å². The summed E-state index contributed by atoms with van der Waals surface area (Å²) in [7, 11) is 5.53. The minimum absolute atomic E-state index is 0.0422. The number of Topliss-reactive ketones (excluding diaryl/α,β-unsaturated/α-hetero) is 2. The Kier molecular flexibility index (Phi) is 14.1. The third kappa shape index (κ3) is 11.7. The smallest absolute Gasteiger partial charge is 0.338 e. The molecule has 1 atom stereocenters. The number of hydrogen-bond donors (Lipinski definition) is 0. The van der Waals surface area contributed by atoms with Gasteiger partial charge in [-0.05, 0) is 71.8 Å². The monoisotopic (exact) mass is 587 g/mol. The van der Waals surface area contributed by atoms with Crippen LogP contribution in [0.15, 0.2) is 72.8 Å². The quantitative estimate of drug-likeness (QED) is 0.113. The van der Waals surface area contributed by atoms with Crippen molar-refractivity contribution in [1.82, 2.24) is 0 Å². The Balaban J connectivity index is 0.000000304. The van der Waals surface area contributed by atoms with Gasteiger partial charge in [-0.3, -0.25) is 9.59 Å². The Hall–Kier alpha value is -3.93. The zero-order valence-corrected chi connectivity index (χ0v) is 27.2. The second-order valence-corrected chi connectivity index (χ2v) is 12.0. The molecule has 0 N–H and O–H groups in total. The fourth-order valence-electron chi connectivity index (χ4n) is 4.35. The normalized spacial score (nSPS) is 11.5. The molecule has 0 amide bonds. The summed E-state index contributed by atoms with van der Waals surface area (Å²) < 4.78 is 10.5. The lowest BCUT2D eigenvalue weighted by molar-refractivity contribution is 0.0428. The van der Waals surface area contributed by atoms with Crippen LogP contribution in [0.4, 0.5) is 5.69 Å². The predicted octanol–water partition coefficient (Wildman–Crippen LogP) is 8.57. The zero-order chi connectivity index (χ0) is 32.0. The number of ether oxygens (including phenoxy) is 2. The Bertz CT molecular complexity index is 1290. The predicted molar refractivity (Wildman–Crippen MR) is 176 cm³/mol. The van der Waals surface area contributed by atoms with Crippen LogP contribution in [-0.2, 0) is 10.2 Å². The maximum Gasteiger partial charge on any atom is 0.338 e. The van der Waals surface area contributed by atoms with Gasteiger partial charge >= 0.3 is 5.97 Å². The molecule has 232 valence electrons. The van der Waals surface area contributed by atoms with E-state index in [-0.39, 0.29) is 29.4 Å². The number of methoxy groups -OCH3 is 1. The summed E-state index contributed by atoms with van der Waals surface area (Å²) in [4.78, 5) is 38.5. The molecule has 0 bridgehead atoms. The van der Waals surface area contributed by atoms with E-state index in [1.165, 1.54) is 12.8 Å². The number of benzene rings is 3. The number of nitrogens with zero attached hydrogens (tertiary/aromatic N) is 1. The van der Waals surface area contributed by atoms with Crippen molar-refractivity contribution in [2.24, 2.45) is 5.92 Å². The third-order valence-corrected chi connectivity index (χ3v) is 7.42. The lowest BCUT2D eigenvalue weighted by Crippen LogP contribution is -2.14. The first-order valence-corrected chi connectivity index (χ1v) is 15.1. The van der Waals surface area contributed by atoms with E-state index in [1.54, 1.807) is 43.5 Å². The van der Waals surface area contributed by atoms with Crippen LogP contribution in [0.3, 0.4) is 0 Å². The Morgan fingerprint density at radius 2 is 1.28 bits per heavy atom. The average molecular weight is 588 g/mol. The van der Waals surface area contributed by atoms with Crippen molar-refractivity contribution in [2.75, 3.05) is 32.7 Å². The minimum Gasteiger partial charge on any atom is -0.497 e. The highest BCUT2D eigenvalue weighted by Crippen LogP contribution is 2.23. The van der Waals surface area contributed by atoms with Gasteiger partial charge in [-0.25, -0.2) is 4.79 Å². The van der Waals surface area contributed by atoms with E-state index in [0.29, 0.717) is 35.0 Å². The van der Waals surface area contributed by atoms with E-state index in [2.05, 4.69) is 34.6 Å². The van der Waals surface area contributed by atoms with Gasteiger partial charge in [0.05, 0.1) is 25.7 Å². The molecule has 6 nitrogen and oxygen atoms in total. The number of hydrogen-bond acceptors (Lipinski definition) is 6. The number of anilines is 1. The summed E-state index contributed by atoms with van der Waals surface area (Å²) in [5.74, 6) is 0.611. The molecule has 43 heavy (non-hydrogen) atoms. The lowest BCUT2D eigenvalue weighted by atomic mass is 9.86. The van der Waals surface area contributed by atoms with Crippen LogP contribution < -0.4 is 9.64 Å². The SMILES string of the molecule is CCCCC(CC)COC(=O)c1ccc(N(C)C)cc1.COc1ccc(C(=O)CC(=O)c2ccc(C(C)(C)C)cc2)cc1. The van der Waals surface area contributed by atoms with Crippen LogP contribution in [0.25, 0.3) is 0 Å². The number of esters is 1. The molecule has 0 aliphatic heterocycles. The molecule has 0 aliphatic rings. The van der Waals surface area contributed by atoms with E-state index >= 15 is 0 Å². The molecule has 0 heterocycles. The summed E-state index contributed by atoms with van der Waals surface area (Å²) in [5, 5.41) is 0. The molecule has 0 fully saturated rings. The molecular formula is C37H49NO5.